The number of aliphatic carboxylic acids is 1. The smallest absolute Gasteiger partial charge is 0.303 e. The molecule has 1 aliphatic heterocycles. The van der Waals surface area contributed by atoms with E-state index >= 15 is 0 Å². The lowest BCUT2D eigenvalue weighted by molar-refractivity contribution is -0.140. The SMILES string of the molecule is O=C(O)CCC1CCCCN1C(=O)CCc1ccsc1. The molecule has 1 fully saturated rings. The maximum atomic E-state index is 12.3. The topological polar surface area (TPSA) is 57.6 Å². The molecule has 1 amide bonds. The zero-order valence-corrected chi connectivity index (χ0v) is 12.4. The molecule has 2 rings (SSSR count). The van der Waals surface area contributed by atoms with Gasteiger partial charge in [0.1, 0.15) is 0 Å². The highest BCUT2D eigenvalue weighted by atomic mass is 32.1. The number of carboxylic acid groups (broad SMARTS) is 1. The first-order chi connectivity index (χ1) is 9.66. The van der Waals surface area contributed by atoms with Crippen LogP contribution in [0.2, 0.25) is 0 Å². The standard InChI is InChI=1S/C15H21NO3S/c17-14(6-4-12-8-10-20-11-12)16-9-2-1-3-13(16)5-7-15(18)19/h8,10-11,13H,1-7,9H2,(H,18,19). The number of thiophene rings is 1. The maximum absolute atomic E-state index is 12.3. The van der Waals surface area contributed by atoms with Crippen LogP contribution in [0.5, 0.6) is 0 Å². The number of rotatable bonds is 6. The molecule has 1 unspecified atom stereocenters. The van der Waals surface area contributed by atoms with Crippen LogP contribution >= 0.6 is 11.3 Å². The van der Waals surface area contributed by atoms with E-state index < -0.39 is 5.97 Å². The van der Waals surface area contributed by atoms with Crippen LogP contribution in [-0.2, 0) is 16.0 Å². The summed E-state index contributed by atoms with van der Waals surface area (Å²) in [5.74, 6) is -0.604. The number of hydrogen-bond donors (Lipinski definition) is 1. The highest BCUT2D eigenvalue weighted by molar-refractivity contribution is 7.07. The maximum Gasteiger partial charge on any atom is 0.303 e. The monoisotopic (exact) mass is 295 g/mol. The van der Waals surface area contributed by atoms with E-state index in [-0.39, 0.29) is 18.4 Å². The van der Waals surface area contributed by atoms with Crippen molar-refractivity contribution in [3.63, 3.8) is 0 Å². The molecule has 1 aliphatic rings. The van der Waals surface area contributed by atoms with Crippen molar-refractivity contribution in [1.29, 1.82) is 0 Å². The summed E-state index contributed by atoms with van der Waals surface area (Å²) in [6.07, 6.45) is 5.12. The Labute approximate surface area is 123 Å². The van der Waals surface area contributed by atoms with Gasteiger partial charge in [-0.05, 0) is 54.5 Å². The minimum absolute atomic E-state index is 0.120. The molecule has 110 valence electrons. The van der Waals surface area contributed by atoms with E-state index in [9.17, 15) is 9.59 Å². The highest BCUT2D eigenvalue weighted by Crippen LogP contribution is 2.22. The summed E-state index contributed by atoms with van der Waals surface area (Å²) in [4.78, 5) is 24.9. The highest BCUT2D eigenvalue weighted by Gasteiger charge is 2.26. The van der Waals surface area contributed by atoms with E-state index in [0.29, 0.717) is 12.8 Å². The van der Waals surface area contributed by atoms with Gasteiger partial charge in [0.15, 0.2) is 0 Å². The molecule has 0 bridgehead atoms. The third-order valence-corrected chi connectivity index (χ3v) is 4.58. The number of carboxylic acids is 1. The lowest BCUT2D eigenvalue weighted by atomic mass is 9.97. The Balaban J connectivity index is 1.86. The van der Waals surface area contributed by atoms with Gasteiger partial charge in [0.25, 0.3) is 0 Å². The van der Waals surface area contributed by atoms with Gasteiger partial charge in [0.2, 0.25) is 5.91 Å². The number of carbonyl (C=O) groups excluding carboxylic acids is 1. The lowest BCUT2D eigenvalue weighted by Crippen LogP contribution is -2.44. The molecule has 1 atom stereocenters. The van der Waals surface area contributed by atoms with Crippen molar-refractivity contribution in [3.8, 4) is 0 Å². The van der Waals surface area contributed by atoms with E-state index in [0.717, 1.165) is 32.2 Å². The molecule has 1 aromatic heterocycles. The third kappa shape index (κ3) is 4.34. The van der Waals surface area contributed by atoms with Gasteiger partial charge in [-0.25, -0.2) is 0 Å². The number of carbonyl (C=O) groups is 2. The molecule has 1 aromatic rings. The summed E-state index contributed by atoms with van der Waals surface area (Å²) in [6, 6.07) is 2.17. The summed E-state index contributed by atoms with van der Waals surface area (Å²) in [6.45, 7) is 0.784. The van der Waals surface area contributed by atoms with Gasteiger partial charge in [-0.15, -0.1) is 0 Å². The normalized spacial score (nSPS) is 19.0. The second-order valence-electron chi connectivity index (χ2n) is 5.30. The number of aryl methyl sites for hydroxylation is 1. The summed E-state index contributed by atoms with van der Waals surface area (Å²) in [5, 5.41) is 12.9. The molecular formula is C15H21NO3S. The summed E-state index contributed by atoms with van der Waals surface area (Å²) >= 11 is 1.65. The molecule has 20 heavy (non-hydrogen) atoms. The second-order valence-corrected chi connectivity index (χ2v) is 6.08. The Bertz CT molecular complexity index is 444. The number of nitrogens with zero attached hydrogens (tertiary/aromatic N) is 1. The van der Waals surface area contributed by atoms with Crippen LogP contribution in [0.4, 0.5) is 0 Å². The second kappa shape index (κ2) is 7.43. The van der Waals surface area contributed by atoms with Crippen LogP contribution in [0, 0.1) is 0 Å². The number of piperidine rings is 1. The van der Waals surface area contributed by atoms with Crippen LogP contribution in [0.1, 0.15) is 44.1 Å². The number of amides is 1. The van der Waals surface area contributed by atoms with Crippen LogP contribution in [0.25, 0.3) is 0 Å². The molecule has 1 saturated heterocycles. The van der Waals surface area contributed by atoms with E-state index in [1.54, 1.807) is 11.3 Å². The molecule has 0 saturated carbocycles. The van der Waals surface area contributed by atoms with Gasteiger partial charge in [-0.3, -0.25) is 9.59 Å². The molecule has 1 N–H and O–H groups in total. The molecule has 0 aromatic carbocycles. The zero-order valence-electron chi connectivity index (χ0n) is 11.6. The van der Waals surface area contributed by atoms with Crippen LogP contribution in [-0.4, -0.2) is 34.5 Å². The van der Waals surface area contributed by atoms with E-state index in [4.69, 9.17) is 5.11 Å². The Morgan fingerprint density at radius 3 is 2.90 bits per heavy atom. The van der Waals surface area contributed by atoms with Gasteiger partial charge in [0.05, 0.1) is 0 Å². The number of likely N-dealkylation sites (tertiary alicyclic amines) is 1. The minimum atomic E-state index is -0.777. The fraction of sp³-hybridized carbons (Fsp3) is 0.600. The van der Waals surface area contributed by atoms with Gasteiger partial charge in [0, 0.05) is 25.4 Å². The first-order valence-corrected chi connectivity index (χ1v) is 8.13. The first kappa shape index (κ1) is 15.0. The minimum Gasteiger partial charge on any atom is -0.481 e. The van der Waals surface area contributed by atoms with Crippen molar-refractivity contribution >= 4 is 23.2 Å². The third-order valence-electron chi connectivity index (χ3n) is 3.85. The Kier molecular flexibility index (Phi) is 5.59. The Hall–Kier alpha value is -1.36. The van der Waals surface area contributed by atoms with E-state index in [1.165, 1.54) is 5.56 Å². The molecule has 0 aliphatic carbocycles. The Morgan fingerprint density at radius 2 is 2.20 bits per heavy atom. The van der Waals surface area contributed by atoms with Crippen LogP contribution < -0.4 is 0 Å². The molecule has 0 radical (unpaired) electrons. The average Bonchev–Trinajstić information content (AvgIpc) is 2.96. The van der Waals surface area contributed by atoms with Crippen LogP contribution in [0.15, 0.2) is 16.8 Å². The van der Waals surface area contributed by atoms with Crippen molar-refractivity contribution in [2.45, 2.75) is 51.0 Å². The van der Waals surface area contributed by atoms with Crippen molar-refractivity contribution in [3.05, 3.63) is 22.4 Å². The average molecular weight is 295 g/mol. The predicted octanol–water partition coefficient (Wildman–Crippen LogP) is 2.93. The first-order valence-electron chi connectivity index (χ1n) is 7.19. The van der Waals surface area contributed by atoms with Crippen LogP contribution in [0.3, 0.4) is 0 Å². The van der Waals surface area contributed by atoms with Gasteiger partial charge in [-0.1, -0.05) is 0 Å². The molecular weight excluding hydrogens is 274 g/mol. The Morgan fingerprint density at radius 1 is 1.35 bits per heavy atom. The van der Waals surface area contributed by atoms with Crippen molar-refractivity contribution in [2.24, 2.45) is 0 Å². The molecule has 5 heteroatoms. The largest absolute Gasteiger partial charge is 0.481 e. The lowest BCUT2D eigenvalue weighted by Gasteiger charge is -2.35. The van der Waals surface area contributed by atoms with Crippen molar-refractivity contribution in [1.82, 2.24) is 4.90 Å². The van der Waals surface area contributed by atoms with E-state index in [2.05, 4.69) is 11.4 Å². The summed E-state index contributed by atoms with van der Waals surface area (Å²) in [5.41, 5.74) is 1.21. The van der Waals surface area contributed by atoms with Gasteiger partial charge in [-0.2, -0.15) is 11.3 Å². The van der Waals surface area contributed by atoms with Gasteiger partial charge < -0.3 is 10.0 Å². The fourth-order valence-corrected chi connectivity index (χ4v) is 3.45. The molecule has 0 spiro atoms. The quantitative estimate of drug-likeness (QED) is 0.878. The number of hydrogen-bond acceptors (Lipinski definition) is 3. The molecule has 2 heterocycles. The van der Waals surface area contributed by atoms with E-state index in [1.807, 2.05) is 10.3 Å². The van der Waals surface area contributed by atoms with Crippen molar-refractivity contribution in [2.75, 3.05) is 6.54 Å². The van der Waals surface area contributed by atoms with Crippen molar-refractivity contribution < 1.29 is 14.7 Å². The van der Waals surface area contributed by atoms with Gasteiger partial charge >= 0.3 is 5.97 Å². The predicted molar refractivity (Wildman–Crippen MR) is 78.9 cm³/mol. The fourth-order valence-electron chi connectivity index (χ4n) is 2.75. The summed E-state index contributed by atoms with van der Waals surface area (Å²) < 4.78 is 0. The summed E-state index contributed by atoms with van der Waals surface area (Å²) in [7, 11) is 0. The zero-order chi connectivity index (χ0) is 14.4. The molecule has 4 nitrogen and oxygen atoms in total.